The Morgan fingerprint density at radius 3 is 3.17 bits per heavy atom. The molecule has 12 heavy (non-hydrogen) atoms. The number of aromatic carboxylic acids is 1. The average molecular weight is 163 g/mol. The fraction of sp³-hybridized carbons (Fsp3) is 0. The number of hydrogen-bond donors (Lipinski definition) is 1. The Hall–Kier alpha value is -1.91. The number of fused-ring (bicyclic) bond motifs is 1. The molecular formula is C7H5N3O2. The van der Waals surface area contributed by atoms with Crippen molar-refractivity contribution < 1.29 is 9.90 Å². The van der Waals surface area contributed by atoms with Crippen LogP contribution in [-0.4, -0.2) is 25.7 Å². The van der Waals surface area contributed by atoms with Crippen LogP contribution in [-0.2, 0) is 0 Å². The number of carbonyl (C=O) groups is 1. The third-order valence-electron chi connectivity index (χ3n) is 1.47. The van der Waals surface area contributed by atoms with Gasteiger partial charge in [-0.25, -0.2) is 14.3 Å². The van der Waals surface area contributed by atoms with Gasteiger partial charge in [0.25, 0.3) is 5.82 Å². The fourth-order valence-corrected chi connectivity index (χ4v) is 0.932. The first-order chi connectivity index (χ1) is 5.77. The van der Waals surface area contributed by atoms with Gasteiger partial charge in [-0.1, -0.05) is 0 Å². The normalized spacial score (nSPS) is 10.3. The highest BCUT2D eigenvalue weighted by Gasteiger charge is 2.06. The summed E-state index contributed by atoms with van der Waals surface area (Å²) in [5.74, 6) is -1.32. The van der Waals surface area contributed by atoms with Crippen molar-refractivity contribution in [2.75, 3.05) is 0 Å². The third-order valence-corrected chi connectivity index (χ3v) is 1.47. The van der Waals surface area contributed by atoms with Crippen LogP contribution >= 0.6 is 0 Å². The highest BCUT2D eigenvalue weighted by molar-refractivity contribution is 5.82. The zero-order chi connectivity index (χ0) is 8.55. The maximum Gasteiger partial charge on any atom is 0.375 e. The van der Waals surface area contributed by atoms with Gasteiger partial charge >= 0.3 is 5.97 Å². The van der Waals surface area contributed by atoms with Gasteiger partial charge in [0.05, 0.1) is 11.7 Å². The largest absolute Gasteiger partial charge is 0.475 e. The van der Waals surface area contributed by atoms with E-state index in [1.54, 1.807) is 18.3 Å². The Bertz CT molecular complexity index is 435. The molecule has 2 aromatic heterocycles. The van der Waals surface area contributed by atoms with E-state index >= 15 is 0 Å². The van der Waals surface area contributed by atoms with Crippen molar-refractivity contribution in [1.82, 2.24) is 14.6 Å². The fourth-order valence-electron chi connectivity index (χ4n) is 0.932. The Balaban J connectivity index is 2.68. The molecule has 5 nitrogen and oxygen atoms in total. The van der Waals surface area contributed by atoms with Gasteiger partial charge in [0, 0.05) is 6.20 Å². The molecule has 0 aliphatic heterocycles. The van der Waals surface area contributed by atoms with Crippen LogP contribution in [0.4, 0.5) is 0 Å². The molecule has 0 amide bonds. The van der Waals surface area contributed by atoms with E-state index in [2.05, 4.69) is 10.1 Å². The molecule has 0 fully saturated rings. The first-order valence-corrected chi connectivity index (χ1v) is 3.31. The van der Waals surface area contributed by atoms with Crippen LogP contribution in [0.3, 0.4) is 0 Å². The van der Waals surface area contributed by atoms with E-state index in [1.807, 2.05) is 0 Å². The smallest absolute Gasteiger partial charge is 0.375 e. The van der Waals surface area contributed by atoms with Gasteiger partial charge in [-0.05, 0) is 12.1 Å². The van der Waals surface area contributed by atoms with Crippen molar-refractivity contribution in [3.05, 3.63) is 30.4 Å². The molecule has 0 spiro atoms. The minimum Gasteiger partial charge on any atom is -0.475 e. The molecule has 0 radical (unpaired) electrons. The summed E-state index contributed by atoms with van der Waals surface area (Å²) in [5.41, 5.74) is 0.778. The molecule has 0 aliphatic carbocycles. The maximum atomic E-state index is 10.4. The zero-order valence-electron chi connectivity index (χ0n) is 6.01. The number of aromatic nitrogens is 3. The average Bonchev–Trinajstić information content (AvgIpc) is 2.49. The molecule has 0 unspecified atom stereocenters. The van der Waals surface area contributed by atoms with E-state index in [4.69, 9.17) is 5.11 Å². The lowest BCUT2D eigenvalue weighted by atomic mass is 10.5. The number of rotatable bonds is 1. The molecule has 2 aromatic rings. The van der Waals surface area contributed by atoms with Crippen LogP contribution in [0.25, 0.3) is 5.52 Å². The monoisotopic (exact) mass is 163 g/mol. The highest BCUT2D eigenvalue weighted by atomic mass is 16.4. The lowest BCUT2D eigenvalue weighted by Crippen LogP contribution is -2.06. The number of hydrogen-bond acceptors (Lipinski definition) is 3. The third kappa shape index (κ3) is 0.914. The van der Waals surface area contributed by atoms with Crippen molar-refractivity contribution in [1.29, 1.82) is 0 Å². The predicted molar refractivity (Wildman–Crippen MR) is 39.9 cm³/mol. The second-order valence-electron chi connectivity index (χ2n) is 2.26. The van der Waals surface area contributed by atoms with E-state index in [-0.39, 0.29) is 5.82 Å². The molecule has 0 bridgehead atoms. The summed E-state index contributed by atoms with van der Waals surface area (Å²) in [6.45, 7) is 0. The first-order valence-electron chi connectivity index (χ1n) is 3.31. The van der Waals surface area contributed by atoms with Gasteiger partial charge in [0.2, 0.25) is 0 Å². The Kier molecular flexibility index (Phi) is 1.30. The summed E-state index contributed by atoms with van der Waals surface area (Å²) in [6, 6.07) is 3.57. The summed E-state index contributed by atoms with van der Waals surface area (Å²) in [6.07, 6.45) is 3.14. The first kappa shape index (κ1) is 6.78. The van der Waals surface area contributed by atoms with Crippen LogP contribution < -0.4 is 0 Å². The van der Waals surface area contributed by atoms with Gasteiger partial charge in [0.1, 0.15) is 0 Å². The van der Waals surface area contributed by atoms with Crippen LogP contribution in [0.1, 0.15) is 10.6 Å². The predicted octanol–water partition coefficient (Wildman–Crippen LogP) is 0.427. The molecule has 5 heteroatoms. The van der Waals surface area contributed by atoms with Crippen molar-refractivity contribution >= 4 is 11.5 Å². The minimum atomic E-state index is -1.12. The molecule has 2 heterocycles. The molecule has 60 valence electrons. The van der Waals surface area contributed by atoms with Gasteiger partial charge in [-0.15, -0.1) is 5.10 Å². The van der Waals surface area contributed by atoms with Gasteiger partial charge in [-0.2, -0.15) is 0 Å². The molecule has 0 atom stereocenters. The quantitative estimate of drug-likeness (QED) is 0.661. The molecule has 1 N–H and O–H groups in total. The minimum absolute atomic E-state index is 0.196. The van der Waals surface area contributed by atoms with Crippen molar-refractivity contribution in [2.24, 2.45) is 0 Å². The lowest BCUT2D eigenvalue weighted by molar-refractivity contribution is 0.0681. The Morgan fingerprint density at radius 1 is 1.58 bits per heavy atom. The summed E-state index contributed by atoms with van der Waals surface area (Å²) in [4.78, 5) is 14.1. The van der Waals surface area contributed by atoms with Crippen molar-refractivity contribution in [2.45, 2.75) is 0 Å². The SMILES string of the molecule is O=C(O)c1ncc2cccn2n1. The van der Waals surface area contributed by atoms with Gasteiger partial charge in [-0.3, -0.25) is 0 Å². The molecule has 0 saturated heterocycles. The second kappa shape index (κ2) is 2.30. The Morgan fingerprint density at radius 2 is 2.42 bits per heavy atom. The van der Waals surface area contributed by atoms with E-state index in [0.29, 0.717) is 0 Å². The second-order valence-corrected chi connectivity index (χ2v) is 2.26. The van der Waals surface area contributed by atoms with Crippen LogP contribution in [0.2, 0.25) is 0 Å². The molecule has 0 aliphatic rings. The number of nitrogens with zero attached hydrogens (tertiary/aromatic N) is 3. The van der Waals surface area contributed by atoms with E-state index in [1.165, 1.54) is 10.7 Å². The summed E-state index contributed by atoms with van der Waals surface area (Å²) in [7, 11) is 0. The van der Waals surface area contributed by atoms with Crippen molar-refractivity contribution in [3.63, 3.8) is 0 Å². The summed E-state index contributed by atoms with van der Waals surface area (Å²) < 4.78 is 1.47. The van der Waals surface area contributed by atoms with E-state index < -0.39 is 5.97 Å². The van der Waals surface area contributed by atoms with Crippen LogP contribution in [0, 0.1) is 0 Å². The highest BCUT2D eigenvalue weighted by Crippen LogP contribution is 1.99. The molecule has 0 saturated carbocycles. The Labute approximate surface area is 67.3 Å². The van der Waals surface area contributed by atoms with Gasteiger partial charge < -0.3 is 5.11 Å². The van der Waals surface area contributed by atoms with Crippen molar-refractivity contribution in [3.8, 4) is 0 Å². The number of carboxylic acid groups (broad SMARTS) is 1. The topological polar surface area (TPSA) is 67.5 Å². The van der Waals surface area contributed by atoms with E-state index in [9.17, 15) is 4.79 Å². The van der Waals surface area contributed by atoms with Gasteiger partial charge in [0.15, 0.2) is 0 Å². The number of carboxylic acids is 1. The standard InChI is InChI=1S/C7H5N3O2/c11-7(12)6-8-4-5-2-1-3-10(5)9-6/h1-4H,(H,11,12). The van der Waals surface area contributed by atoms with E-state index in [0.717, 1.165) is 5.52 Å². The lowest BCUT2D eigenvalue weighted by Gasteiger charge is -1.93. The molecular weight excluding hydrogens is 158 g/mol. The maximum absolute atomic E-state index is 10.4. The molecule has 0 aromatic carbocycles. The van der Waals surface area contributed by atoms with Crippen LogP contribution in [0.5, 0.6) is 0 Å². The van der Waals surface area contributed by atoms with Crippen LogP contribution in [0.15, 0.2) is 24.5 Å². The zero-order valence-corrected chi connectivity index (χ0v) is 6.01. The molecule has 2 rings (SSSR count). The summed E-state index contributed by atoms with van der Waals surface area (Å²) >= 11 is 0. The summed E-state index contributed by atoms with van der Waals surface area (Å²) in [5, 5.41) is 12.3.